The minimum Gasteiger partial charge on any atom is -0.435 e. The fraction of sp³-hybridized carbons (Fsp3) is 0. The molecule has 2 heterocycles. The van der Waals surface area contributed by atoms with Crippen LogP contribution in [-0.4, -0.2) is 15.0 Å². The first-order valence-corrected chi connectivity index (χ1v) is 17.8. The third kappa shape index (κ3) is 5.54. The molecule has 53 heavy (non-hydrogen) atoms. The molecule has 0 saturated heterocycles. The zero-order valence-corrected chi connectivity index (χ0v) is 28.6. The van der Waals surface area contributed by atoms with Crippen molar-refractivity contribution in [3.8, 4) is 67.6 Å². The highest BCUT2D eigenvalue weighted by molar-refractivity contribution is 6.09. The number of hydrogen-bond donors (Lipinski definition) is 0. The summed E-state index contributed by atoms with van der Waals surface area (Å²) in [6.45, 7) is 0. The predicted molar refractivity (Wildman–Crippen MR) is 217 cm³/mol. The molecule has 0 aliphatic rings. The maximum Gasteiger partial charge on any atom is 0.227 e. The second-order valence-electron chi connectivity index (χ2n) is 13.2. The summed E-state index contributed by atoms with van der Waals surface area (Å²) in [6.07, 6.45) is 0. The Morgan fingerprint density at radius 1 is 0.358 bits per heavy atom. The monoisotopic (exact) mass is 677 g/mol. The smallest absolute Gasteiger partial charge is 0.227 e. The summed E-state index contributed by atoms with van der Waals surface area (Å²) < 4.78 is 6.76. The first-order chi connectivity index (χ1) is 26.3. The van der Waals surface area contributed by atoms with Gasteiger partial charge in [-0.3, -0.25) is 0 Å². The molecule has 0 fully saturated rings. The first kappa shape index (κ1) is 30.6. The van der Waals surface area contributed by atoms with E-state index in [9.17, 15) is 0 Å². The highest BCUT2D eigenvalue weighted by Gasteiger charge is 2.20. The molecule has 10 aromatic rings. The van der Waals surface area contributed by atoms with Crippen molar-refractivity contribution in [1.29, 1.82) is 0 Å². The van der Waals surface area contributed by atoms with Crippen molar-refractivity contribution in [2.45, 2.75) is 0 Å². The van der Waals surface area contributed by atoms with Crippen LogP contribution in [0.4, 0.5) is 0 Å². The van der Waals surface area contributed by atoms with E-state index in [0.29, 0.717) is 11.7 Å². The van der Waals surface area contributed by atoms with E-state index in [4.69, 9.17) is 19.4 Å². The van der Waals surface area contributed by atoms with Crippen LogP contribution in [0.2, 0.25) is 0 Å². The first-order valence-electron chi connectivity index (χ1n) is 17.8. The van der Waals surface area contributed by atoms with Crippen LogP contribution in [0.5, 0.6) is 0 Å². The maximum absolute atomic E-state index is 6.76. The van der Waals surface area contributed by atoms with Gasteiger partial charge in [-0.1, -0.05) is 164 Å². The van der Waals surface area contributed by atoms with Gasteiger partial charge >= 0.3 is 0 Å². The zero-order chi connectivity index (χ0) is 35.1. The minimum atomic E-state index is 0.609. The van der Waals surface area contributed by atoms with Gasteiger partial charge in [0.1, 0.15) is 5.52 Å². The van der Waals surface area contributed by atoms with Crippen molar-refractivity contribution < 1.29 is 4.42 Å². The standard InChI is InChI=1S/C49H31N3O/c1-3-16-34(17-4-1)44-31-45(35-18-5-2-6-19-35)51-48(50-44)37-22-11-21-36(30-37)40-29-28-33-15-8-10-24-39(33)46(40)42-26-13-27-43-47(42)53-49(52-43)41-25-12-20-32-14-7-9-23-38(32)41/h1-31H. The average Bonchev–Trinajstić information content (AvgIpc) is 3.68. The largest absolute Gasteiger partial charge is 0.435 e. The van der Waals surface area contributed by atoms with E-state index in [2.05, 4.69) is 146 Å². The van der Waals surface area contributed by atoms with Gasteiger partial charge in [-0.2, -0.15) is 0 Å². The van der Waals surface area contributed by atoms with Crippen LogP contribution >= 0.6 is 0 Å². The molecule has 0 unspecified atom stereocenters. The van der Waals surface area contributed by atoms with Crippen LogP contribution in [0.1, 0.15) is 0 Å². The van der Waals surface area contributed by atoms with Gasteiger partial charge in [0.25, 0.3) is 0 Å². The molecule has 0 radical (unpaired) electrons. The Hall–Kier alpha value is -7.17. The molecule has 8 aromatic carbocycles. The van der Waals surface area contributed by atoms with E-state index < -0.39 is 0 Å². The fourth-order valence-corrected chi connectivity index (χ4v) is 7.39. The summed E-state index contributed by atoms with van der Waals surface area (Å²) in [7, 11) is 0. The van der Waals surface area contributed by atoms with E-state index in [1.807, 2.05) is 42.5 Å². The number of oxazole rings is 1. The summed E-state index contributed by atoms with van der Waals surface area (Å²) in [5.74, 6) is 1.28. The van der Waals surface area contributed by atoms with Crippen LogP contribution in [0.25, 0.3) is 100 Å². The number of hydrogen-bond acceptors (Lipinski definition) is 4. The van der Waals surface area contributed by atoms with Crippen molar-refractivity contribution in [2.24, 2.45) is 0 Å². The lowest BCUT2D eigenvalue weighted by molar-refractivity contribution is 0.621. The van der Waals surface area contributed by atoms with Gasteiger partial charge < -0.3 is 4.42 Å². The van der Waals surface area contributed by atoms with E-state index in [1.165, 1.54) is 0 Å². The normalized spacial score (nSPS) is 11.4. The van der Waals surface area contributed by atoms with Gasteiger partial charge in [0.2, 0.25) is 5.89 Å². The summed E-state index contributed by atoms with van der Waals surface area (Å²) in [4.78, 5) is 15.3. The molecule has 2 aromatic heterocycles. The van der Waals surface area contributed by atoms with Crippen LogP contribution in [0.3, 0.4) is 0 Å². The molecule has 0 aliphatic carbocycles. The van der Waals surface area contributed by atoms with Gasteiger partial charge in [-0.05, 0) is 56.9 Å². The second kappa shape index (κ2) is 12.9. The Kier molecular flexibility index (Phi) is 7.43. The second-order valence-corrected chi connectivity index (χ2v) is 13.2. The van der Waals surface area contributed by atoms with Crippen LogP contribution in [0, 0.1) is 0 Å². The van der Waals surface area contributed by atoms with E-state index in [0.717, 1.165) is 88.5 Å². The third-order valence-electron chi connectivity index (χ3n) is 9.93. The number of para-hydroxylation sites is 1. The molecule has 0 bridgehead atoms. The Bertz CT molecular complexity index is 2890. The van der Waals surface area contributed by atoms with Gasteiger partial charge in [0.15, 0.2) is 11.4 Å². The summed E-state index contributed by atoms with van der Waals surface area (Å²) in [5.41, 5.74) is 11.6. The number of benzene rings is 8. The van der Waals surface area contributed by atoms with Crippen molar-refractivity contribution in [3.63, 3.8) is 0 Å². The summed E-state index contributed by atoms with van der Waals surface area (Å²) in [5, 5.41) is 4.55. The highest BCUT2D eigenvalue weighted by Crippen LogP contribution is 2.43. The topological polar surface area (TPSA) is 51.8 Å². The average molecular weight is 678 g/mol. The molecule has 0 amide bonds. The van der Waals surface area contributed by atoms with Crippen LogP contribution in [0.15, 0.2) is 192 Å². The molecule has 0 saturated carbocycles. The van der Waals surface area contributed by atoms with E-state index >= 15 is 0 Å². The summed E-state index contributed by atoms with van der Waals surface area (Å²) >= 11 is 0. The van der Waals surface area contributed by atoms with Gasteiger partial charge in [-0.25, -0.2) is 15.0 Å². The number of fused-ring (bicyclic) bond motifs is 3. The van der Waals surface area contributed by atoms with Crippen LogP contribution < -0.4 is 0 Å². The molecule has 10 rings (SSSR count). The Morgan fingerprint density at radius 3 is 1.68 bits per heavy atom. The van der Waals surface area contributed by atoms with Gasteiger partial charge in [0, 0.05) is 33.4 Å². The molecular formula is C49H31N3O. The molecule has 248 valence electrons. The predicted octanol–water partition coefficient (Wildman–Crippen LogP) is 12.9. The Labute approximate surface area is 306 Å². The number of nitrogens with zero attached hydrogens (tertiary/aromatic N) is 3. The van der Waals surface area contributed by atoms with E-state index in [1.54, 1.807) is 0 Å². The SMILES string of the molecule is c1ccc(-c2cc(-c3ccccc3)nc(-c3cccc(-c4ccc5ccccc5c4-c4cccc5nc(-c6cccc7ccccc67)oc45)c3)n2)cc1. The third-order valence-corrected chi connectivity index (χ3v) is 9.93. The lowest BCUT2D eigenvalue weighted by Gasteiger charge is -2.15. The molecule has 4 nitrogen and oxygen atoms in total. The lowest BCUT2D eigenvalue weighted by Crippen LogP contribution is -1.96. The lowest BCUT2D eigenvalue weighted by atomic mass is 9.89. The highest BCUT2D eigenvalue weighted by atomic mass is 16.3. The minimum absolute atomic E-state index is 0.609. The van der Waals surface area contributed by atoms with Crippen molar-refractivity contribution in [3.05, 3.63) is 188 Å². The summed E-state index contributed by atoms with van der Waals surface area (Å²) in [6, 6.07) is 65.0. The van der Waals surface area contributed by atoms with Crippen LogP contribution in [-0.2, 0) is 0 Å². The molecule has 4 heteroatoms. The fourth-order valence-electron chi connectivity index (χ4n) is 7.39. The maximum atomic E-state index is 6.76. The zero-order valence-electron chi connectivity index (χ0n) is 28.6. The molecule has 0 aliphatic heterocycles. The van der Waals surface area contributed by atoms with Gasteiger partial charge in [-0.15, -0.1) is 0 Å². The Balaban J connectivity index is 1.16. The number of aromatic nitrogens is 3. The van der Waals surface area contributed by atoms with Crippen molar-refractivity contribution in [1.82, 2.24) is 15.0 Å². The quantitative estimate of drug-likeness (QED) is 0.176. The van der Waals surface area contributed by atoms with Gasteiger partial charge in [0.05, 0.1) is 11.4 Å². The molecule has 0 spiro atoms. The van der Waals surface area contributed by atoms with E-state index in [-0.39, 0.29) is 0 Å². The number of rotatable bonds is 6. The Morgan fingerprint density at radius 2 is 0.925 bits per heavy atom. The van der Waals surface area contributed by atoms with Crippen molar-refractivity contribution in [2.75, 3.05) is 0 Å². The molecular weight excluding hydrogens is 647 g/mol. The molecule has 0 atom stereocenters. The molecule has 0 N–H and O–H groups in total. The van der Waals surface area contributed by atoms with Crippen molar-refractivity contribution >= 4 is 32.6 Å².